The van der Waals surface area contributed by atoms with Gasteiger partial charge in [0.2, 0.25) is 0 Å². The van der Waals surface area contributed by atoms with Gasteiger partial charge in [-0.3, -0.25) is 9.59 Å². The van der Waals surface area contributed by atoms with Crippen LogP contribution in [-0.4, -0.2) is 29.7 Å². The van der Waals surface area contributed by atoms with Crippen molar-refractivity contribution in [3.8, 4) is 0 Å². The number of hydrogen-bond donors (Lipinski definition) is 0. The van der Waals surface area contributed by atoms with E-state index >= 15 is 0 Å². The second-order valence-corrected chi connectivity index (χ2v) is 5.31. The number of carbonyl (C=O) groups excluding carboxylic acids is 2. The van der Waals surface area contributed by atoms with Crippen LogP contribution in [0, 0.1) is 5.92 Å². The first-order valence-electron chi connectivity index (χ1n) is 7.16. The largest absolute Gasteiger partial charge is 0.472 e. The maximum atomic E-state index is 12.4. The fourth-order valence-electron chi connectivity index (χ4n) is 2.75. The minimum absolute atomic E-state index is 0.0146. The van der Waals surface area contributed by atoms with Crippen molar-refractivity contribution in [2.24, 2.45) is 5.92 Å². The third kappa shape index (κ3) is 2.89. The van der Waals surface area contributed by atoms with E-state index in [1.54, 1.807) is 11.0 Å². The predicted molar refractivity (Wildman–Crippen MR) is 78.1 cm³/mol. The Balaban J connectivity index is 1.60. The molecule has 1 saturated heterocycles. The molecule has 2 heterocycles. The molecule has 4 heteroatoms. The Morgan fingerprint density at radius 1 is 1.00 bits per heavy atom. The molecule has 1 aliphatic rings. The van der Waals surface area contributed by atoms with E-state index in [4.69, 9.17) is 4.42 Å². The van der Waals surface area contributed by atoms with E-state index < -0.39 is 0 Å². The molecule has 0 radical (unpaired) electrons. The summed E-state index contributed by atoms with van der Waals surface area (Å²) in [6.07, 6.45) is 4.40. The topological polar surface area (TPSA) is 50.5 Å². The van der Waals surface area contributed by atoms with Crippen LogP contribution in [0.5, 0.6) is 0 Å². The first-order chi connectivity index (χ1) is 10.3. The Labute approximate surface area is 123 Å². The monoisotopic (exact) mass is 283 g/mol. The molecule has 1 aromatic heterocycles. The van der Waals surface area contributed by atoms with Crippen LogP contribution >= 0.6 is 0 Å². The fourth-order valence-corrected chi connectivity index (χ4v) is 2.75. The number of carbonyl (C=O) groups is 2. The lowest BCUT2D eigenvalue weighted by molar-refractivity contribution is 0.0649. The molecule has 1 aliphatic heterocycles. The molecule has 0 bridgehead atoms. The Kier molecular flexibility index (Phi) is 3.86. The first kappa shape index (κ1) is 13.6. The number of furan rings is 1. The lowest BCUT2D eigenvalue weighted by Crippen LogP contribution is -2.40. The van der Waals surface area contributed by atoms with Gasteiger partial charge in [-0.25, -0.2) is 0 Å². The average molecular weight is 283 g/mol. The molecule has 1 amide bonds. The second kappa shape index (κ2) is 5.95. The van der Waals surface area contributed by atoms with Crippen molar-refractivity contribution in [3.63, 3.8) is 0 Å². The van der Waals surface area contributed by atoms with Crippen LogP contribution in [-0.2, 0) is 0 Å². The van der Waals surface area contributed by atoms with Crippen LogP contribution in [0.25, 0.3) is 0 Å². The van der Waals surface area contributed by atoms with E-state index in [0.29, 0.717) is 18.7 Å². The van der Waals surface area contributed by atoms with Crippen molar-refractivity contribution in [1.82, 2.24) is 4.90 Å². The molecule has 1 fully saturated rings. The maximum absolute atomic E-state index is 12.4. The summed E-state index contributed by atoms with van der Waals surface area (Å²) in [5, 5.41) is 0. The standard InChI is InChI=1S/C17H17NO3/c19-16(13-4-2-1-3-5-13)14-6-9-18(10-7-14)17(20)15-8-11-21-12-15/h1-5,8,11-12,14H,6-7,9-10H2. The summed E-state index contributed by atoms with van der Waals surface area (Å²) in [6.45, 7) is 1.24. The summed E-state index contributed by atoms with van der Waals surface area (Å²) >= 11 is 0. The van der Waals surface area contributed by atoms with E-state index in [1.165, 1.54) is 12.5 Å². The number of benzene rings is 1. The number of likely N-dealkylation sites (tertiary alicyclic amines) is 1. The molecular weight excluding hydrogens is 266 g/mol. The van der Waals surface area contributed by atoms with E-state index in [2.05, 4.69) is 0 Å². The molecular formula is C17H17NO3. The Hall–Kier alpha value is -2.36. The zero-order chi connectivity index (χ0) is 14.7. The van der Waals surface area contributed by atoms with Gasteiger partial charge in [0, 0.05) is 24.6 Å². The minimum atomic E-state index is -0.0191. The SMILES string of the molecule is O=C(c1ccccc1)C1CCN(C(=O)c2ccoc2)CC1. The molecule has 1 aromatic carbocycles. The lowest BCUT2D eigenvalue weighted by Gasteiger charge is -2.31. The van der Waals surface area contributed by atoms with Crippen LogP contribution in [0.15, 0.2) is 53.3 Å². The Morgan fingerprint density at radius 2 is 1.71 bits per heavy atom. The molecule has 4 nitrogen and oxygen atoms in total. The molecule has 3 rings (SSSR count). The molecule has 2 aromatic rings. The molecule has 0 N–H and O–H groups in total. The van der Waals surface area contributed by atoms with E-state index in [1.807, 2.05) is 30.3 Å². The summed E-state index contributed by atoms with van der Waals surface area (Å²) in [7, 11) is 0. The first-order valence-corrected chi connectivity index (χ1v) is 7.16. The average Bonchev–Trinajstić information content (AvgIpc) is 3.09. The van der Waals surface area contributed by atoms with Crippen LogP contribution in [0.4, 0.5) is 0 Å². The van der Waals surface area contributed by atoms with Crippen LogP contribution < -0.4 is 0 Å². The molecule has 0 aliphatic carbocycles. The van der Waals surface area contributed by atoms with Crippen molar-refractivity contribution in [3.05, 3.63) is 60.1 Å². The number of nitrogens with zero attached hydrogens (tertiary/aromatic N) is 1. The van der Waals surface area contributed by atoms with Crippen LogP contribution in [0.2, 0.25) is 0 Å². The van der Waals surface area contributed by atoms with Crippen LogP contribution in [0.1, 0.15) is 33.6 Å². The second-order valence-electron chi connectivity index (χ2n) is 5.31. The smallest absolute Gasteiger partial charge is 0.257 e. The van der Waals surface area contributed by atoms with Gasteiger partial charge in [-0.2, -0.15) is 0 Å². The highest BCUT2D eigenvalue weighted by Crippen LogP contribution is 2.23. The fraction of sp³-hybridized carbons (Fsp3) is 0.294. The van der Waals surface area contributed by atoms with Gasteiger partial charge in [0.1, 0.15) is 6.26 Å². The van der Waals surface area contributed by atoms with Gasteiger partial charge in [-0.15, -0.1) is 0 Å². The van der Waals surface area contributed by atoms with Gasteiger partial charge in [-0.05, 0) is 18.9 Å². The van der Waals surface area contributed by atoms with E-state index in [0.717, 1.165) is 18.4 Å². The summed E-state index contributed by atoms with van der Waals surface area (Å²) in [4.78, 5) is 26.4. The minimum Gasteiger partial charge on any atom is -0.472 e. The maximum Gasteiger partial charge on any atom is 0.257 e. The molecule has 0 unspecified atom stereocenters. The summed E-state index contributed by atoms with van der Waals surface area (Å²) < 4.78 is 4.94. The van der Waals surface area contributed by atoms with Gasteiger partial charge in [-0.1, -0.05) is 30.3 Å². The van der Waals surface area contributed by atoms with Crippen molar-refractivity contribution in [2.45, 2.75) is 12.8 Å². The van der Waals surface area contributed by atoms with E-state index in [9.17, 15) is 9.59 Å². The molecule has 108 valence electrons. The highest BCUT2D eigenvalue weighted by atomic mass is 16.3. The van der Waals surface area contributed by atoms with Gasteiger partial charge >= 0.3 is 0 Å². The normalized spacial score (nSPS) is 15.9. The van der Waals surface area contributed by atoms with Crippen molar-refractivity contribution >= 4 is 11.7 Å². The third-order valence-corrected chi connectivity index (χ3v) is 3.98. The number of hydrogen-bond acceptors (Lipinski definition) is 3. The molecule has 0 atom stereocenters. The number of amides is 1. The van der Waals surface area contributed by atoms with E-state index in [-0.39, 0.29) is 17.6 Å². The van der Waals surface area contributed by atoms with Crippen LogP contribution in [0.3, 0.4) is 0 Å². The van der Waals surface area contributed by atoms with Gasteiger partial charge in [0.25, 0.3) is 5.91 Å². The quantitative estimate of drug-likeness (QED) is 0.814. The van der Waals surface area contributed by atoms with Crippen molar-refractivity contribution in [2.75, 3.05) is 13.1 Å². The van der Waals surface area contributed by atoms with Crippen molar-refractivity contribution < 1.29 is 14.0 Å². The van der Waals surface area contributed by atoms with Crippen molar-refractivity contribution in [1.29, 1.82) is 0 Å². The highest BCUT2D eigenvalue weighted by molar-refractivity contribution is 5.98. The zero-order valence-electron chi connectivity index (χ0n) is 11.7. The lowest BCUT2D eigenvalue weighted by atomic mass is 9.89. The zero-order valence-corrected chi connectivity index (χ0v) is 11.7. The van der Waals surface area contributed by atoms with Gasteiger partial charge in [0.05, 0.1) is 11.8 Å². The molecule has 0 spiro atoms. The van der Waals surface area contributed by atoms with Gasteiger partial charge < -0.3 is 9.32 Å². The predicted octanol–water partition coefficient (Wildman–Crippen LogP) is 3.01. The highest BCUT2D eigenvalue weighted by Gasteiger charge is 2.28. The van der Waals surface area contributed by atoms with Gasteiger partial charge in [0.15, 0.2) is 5.78 Å². The summed E-state index contributed by atoms with van der Waals surface area (Å²) in [5.41, 5.74) is 1.33. The molecule has 21 heavy (non-hydrogen) atoms. The number of piperidine rings is 1. The number of rotatable bonds is 3. The summed E-state index contributed by atoms with van der Waals surface area (Å²) in [6, 6.07) is 11.0. The third-order valence-electron chi connectivity index (χ3n) is 3.98. The Morgan fingerprint density at radius 3 is 2.33 bits per heavy atom. The summed E-state index contributed by atoms with van der Waals surface area (Å²) in [5.74, 6) is 0.182. The Bertz CT molecular complexity index is 611. The number of ketones is 1. The number of Topliss-reactive ketones (excluding diaryl/α,β-unsaturated/α-hetero) is 1. The molecule has 0 saturated carbocycles.